The second-order valence-corrected chi connectivity index (χ2v) is 6.52. The molecule has 27 heavy (non-hydrogen) atoms. The number of aliphatic hydroxyl groups excluding tert-OH is 1. The van der Waals surface area contributed by atoms with Crippen molar-refractivity contribution in [2.75, 3.05) is 0 Å². The van der Waals surface area contributed by atoms with Crippen molar-refractivity contribution in [3.63, 3.8) is 0 Å². The van der Waals surface area contributed by atoms with Crippen LogP contribution in [0.25, 0.3) is 11.0 Å². The first-order valence-corrected chi connectivity index (χ1v) is 8.42. The number of aliphatic hydroxyl groups is 1. The minimum atomic E-state index is -1.03. The Morgan fingerprint density at radius 1 is 1.26 bits per heavy atom. The fraction of sp³-hybridized carbons (Fsp3) is 0.211. The van der Waals surface area contributed by atoms with E-state index in [4.69, 9.17) is 5.11 Å². The van der Waals surface area contributed by atoms with Gasteiger partial charge in [-0.15, -0.1) is 0 Å². The van der Waals surface area contributed by atoms with Crippen molar-refractivity contribution >= 4 is 22.9 Å². The zero-order chi connectivity index (χ0) is 19.1. The van der Waals surface area contributed by atoms with Crippen molar-refractivity contribution in [2.45, 2.75) is 19.1 Å². The van der Waals surface area contributed by atoms with Crippen LogP contribution in [0, 0.1) is 5.92 Å². The second kappa shape index (κ2) is 6.40. The number of H-pyrrole nitrogens is 1. The van der Waals surface area contributed by atoms with Gasteiger partial charge in [0, 0.05) is 11.1 Å². The maximum Gasteiger partial charge on any atom is 0.309 e. The van der Waals surface area contributed by atoms with Gasteiger partial charge < -0.3 is 25.6 Å². The van der Waals surface area contributed by atoms with Crippen molar-refractivity contribution < 1.29 is 24.9 Å². The van der Waals surface area contributed by atoms with Crippen LogP contribution in [0.15, 0.2) is 36.4 Å². The highest BCUT2D eigenvalue weighted by Crippen LogP contribution is 2.40. The molecule has 8 nitrogen and oxygen atoms in total. The summed E-state index contributed by atoms with van der Waals surface area (Å²) in [5.41, 5.74) is 2.72. The molecule has 3 aromatic rings. The molecule has 0 aliphatic heterocycles. The Bertz CT molecular complexity index is 1060. The van der Waals surface area contributed by atoms with Gasteiger partial charge in [-0.25, -0.2) is 4.98 Å². The second-order valence-electron chi connectivity index (χ2n) is 6.52. The summed E-state index contributed by atoms with van der Waals surface area (Å²) in [5, 5.41) is 31.5. The van der Waals surface area contributed by atoms with E-state index in [1.165, 1.54) is 6.07 Å². The highest BCUT2D eigenvalue weighted by atomic mass is 16.4. The van der Waals surface area contributed by atoms with Crippen LogP contribution in [0.1, 0.15) is 33.4 Å². The lowest BCUT2D eigenvalue weighted by atomic mass is 10.00. The molecule has 138 valence electrons. The molecule has 4 rings (SSSR count). The largest absolute Gasteiger partial charge is 0.508 e. The van der Waals surface area contributed by atoms with Gasteiger partial charge in [-0.3, -0.25) is 9.59 Å². The molecular weight excluding hydrogens is 350 g/mol. The standard InChI is InChI=1S/C19H17N3O5/c23-8-16-20-13-5-4-9(6-14(13)21-16)18(25)22-17-10-2-1-3-15(24)11(10)7-12(17)19(26)27/h1-6,12,17,23-24H,7-8H2,(H,20,21)(H,22,25)(H,26,27)/t12-,17-/m0/s1. The molecule has 1 aliphatic rings. The Morgan fingerprint density at radius 2 is 2.07 bits per heavy atom. The number of benzene rings is 2. The van der Waals surface area contributed by atoms with Gasteiger partial charge in [0.25, 0.3) is 5.91 Å². The Kier molecular flexibility index (Phi) is 4.04. The zero-order valence-electron chi connectivity index (χ0n) is 14.1. The lowest BCUT2D eigenvalue weighted by Gasteiger charge is -2.19. The van der Waals surface area contributed by atoms with Crippen LogP contribution in [-0.4, -0.2) is 37.2 Å². The number of carboxylic acids is 1. The number of rotatable bonds is 4. The predicted octanol–water partition coefficient (Wildman–Crippen LogP) is 1.49. The number of carbonyl (C=O) groups is 2. The molecule has 0 radical (unpaired) electrons. The van der Waals surface area contributed by atoms with Crippen LogP contribution in [0.4, 0.5) is 0 Å². The molecule has 5 N–H and O–H groups in total. The smallest absolute Gasteiger partial charge is 0.309 e. The number of nitrogens with zero attached hydrogens (tertiary/aromatic N) is 1. The van der Waals surface area contributed by atoms with Gasteiger partial charge in [0.1, 0.15) is 18.2 Å². The van der Waals surface area contributed by atoms with Crippen molar-refractivity contribution in [1.29, 1.82) is 0 Å². The Labute approximate surface area is 153 Å². The summed E-state index contributed by atoms with van der Waals surface area (Å²) in [7, 11) is 0. The van der Waals surface area contributed by atoms with Crippen molar-refractivity contribution in [3.8, 4) is 5.75 Å². The molecule has 1 aromatic heterocycles. The van der Waals surface area contributed by atoms with E-state index in [2.05, 4.69) is 15.3 Å². The number of phenolic OH excluding ortho intramolecular Hbond substituents is 1. The van der Waals surface area contributed by atoms with Gasteiger partial charge in [-0.2, -0.15) is 0 Å². The van der Waals surface area contributed by atoms with Crippen molar-refractivity contribution in [3.05, 3.63) is 58.9 Å². The molecule has 0 spiro atoms. The van der Waals surface area contributed by atoms with Crippen molar-refractivity contribution in [1.82, 2.24) is 15.3 Å². The number of hydrogen-bond acceptors (Lipinski definition) is 5. The Hall–Kier alpha value is -3.39. The number of aromatic amines is 1. The monoisotopic (exact) mass is 367 g/mol. The summed E-state index contributed by atoms with van der Waals surface area (Å²) < 4.78 is 0. The maximum absolute atomic E-state index is 12.7. The average molecular weight is 367 g/mol. The first kappa shape index (κ1) is 17.0. The molecular formula is C19H17N3O5. The summed E-state index contributed by atoms with van der Waals surface area (Å²) in [6.45, 7) is -0.237. The lowest BCUT2D eigenvalue weighted by Crippen LogP contribution is -2.34. The third-order valence-electron chi connectivity index (χ3n) is 4.90. The molecule has 0 unspecified atom stereocenters. The lowest BCUT2D eigenvalue weighted by molar-refractivity contribution is -0.142. The van der Waals surface area contributed by atoms with Crippen LogP contribution in [0.5, 0.6) is 5.75 Å². The van der Waals surface area contributed by atoms with Gasteiger partial charge in [0.15, 0.2) is 0 Å². The van der Waals surface area contributed by atoms with Crippen LogP contribution >= 0.6 is 0 Å². The number of aromatic hydroxyl groups is 1. The van der Waals surface area contributed by atoms with E-state index in [-0.39, 0.29) is 18.8 Å². The number of amides is 1. The number of imidazole rings is 1. The van der Waals surface area contributed by atoms with E-state index in [9.17, 15) is 19.8 Å². The van der Waals surface area contributed by atoms with E-state index in [0.717, 1.165) is 0 Å². The molecule has 2 atom stereocenters. The van der Waals surface area contributed by atoms with Crippen LogP contribution in [-0.2, 0) is 17.8 Å². The Morgan fingerprint density at radius 3 is 2.81 bits per heavy atom. The first-order chi connectivity index (χ1) is 13.0. The van der Waals surface area contributed by atoms with Crippen molar-refractivity contribution in [2.24, 2.45) is 5.92 Å². The number of hydrogen-bond donors (Lipinski definition) is 5. The summed E-state index contributed by atoms with van der Waals surface area (Å²) in [4.78, 5) is 31.5. The zero-order valence-corrected chi connectivity index (χ0v) is 14.1. The summed E-state index contributed by atoms with van der Waals surface area (Å²) >= 11 is 0. The van der Waals surface area contributed by atoms with E-state index in [1.54, 1.807) is 30.3 Å². The van der Waals surface area contributed by atoms with E-state index in [1.807, 2.05) is 0 Å². The Balaban J connectivity index is 1.65. The van der Waals surface area contributed by atoms with Gasteiger partial charge in [0.2, 0.25) is 0 Å². The molecule has 0 bridgehead atoms. The molecule has 0 saturated carbocycles. The maximum atomic E-state index is 12.7. The third-order valence-corrected chi connectivity index (χ3v) is 4.90. The molecule has 1 amide bonds. The summed E-state index contributed by atoms with van der Waals surface area (Å²) in [6, 6.07) is 8.97. The van der Waals surface area contributed by atoms with Gasteiger partial charge in [0.05, 0.1) is 23.0 Å². The number of aromatic nitrogens is 2. The summed E-state index contributed by atoms with van der Waals surface area (Å²) in [5.74, 6) is -1.88. The van der Waals surface area contributed by atoms with Crippen LogP contribution in [0.2, 0.25) is 0 Å². The van der Waals surface area contributed by atoms with Gasteiger partial charge >= 0.3 is 5.97 Å². The molecule has 0 fully saturated rings. The average Bonchev–Trinajstić information content (AvgIpc) is 3.23. The fourth-order valence-corrected chi connectivity index (χ4v) is 3.57. The highest BCUT2D eigenvalue weighted by molar-refractivity contribution is 5.98. The number of phenols is 1. The molecule has 2 aromatic carbocycles. The number of carbonyl (C=O) groups excluding carboxylic acids is 1. The van der Waals surface area contributed by atoms with Crippen LogP contribution in [0.3, 0.4) is 0 Å². The molecule has 8 heteroatoms. The van der Waals surface area contributed by atoms with E-state index in [0.29, 0.717) is 33.5 Å². The topological polar surface area (TPSA) is 136 Å². The normalized spacial score (nSPS) is 18.4. The third kappa shape index (κ3) is 2.89. The number of nitrogens with one attached hydrogen (secondary N) is 2. The number of carboxylic acid groups (broad SMARTS) is 1. The van der Waals surface area contributed by atoms with E-state index < -0.39 is 23.8 Å². The van der Waals surface area contributed by atoms with E-state index >= 15 is 0 Å². The number of aliphatic carboxylic acids is 1. The molecule has 0 saturated heterocycles. The predicted molar refractivity (Wildman–Crippen MR) is 95.2 cm³/mol. The SMILES string of the molecule is O=C(N[C@H]1c2cccc(O)c2C[C@@H]1C(=O)O)c1ccc2nc(CO)[nH]c2c1. The molecule has 1 aliphatic carbocycles. The quantitative estimate of drug-likeness (QED) is 0.474. The fourth-order valence-electron chi connectivity index (χ4n) is 3.57. The minimum absolute atomic E-state index is 0.0333. The highest BCUT2D eigenvalue weighted by Gasteiger charge is 2.39. The molecule has 1 heterocycles. The van der Waals surface area contributed by atoms with Gasteiger partial charge in [-0.1, -0.05) is 12.1 Å². The minimum Gasteiger partial charge on any atom is -0.508 e. The van der Waals surface area contributed by atoms with Crippen LogP contribution < -0.4 is 5.32 Å². The van der Waals surface area contributed by atoms with Gasteiger partial charge in [-0.05, 0) is 36.2 Å². The first-order valence-electron chi connectivity index (χ1n) is 8.42. The summed E-state index contributed by atoms with van der Waals surface area (Å²) in [6.07, 6.45) is 0.154. The number of fused-ring (bicyclic) bond motifs is 2.